The Morgan fingerprint density at radius 2 is 1.70 bits per heavy atom. The number of hydrazine groups is 1. The summed E-state index contributed by atoms with van der Waals surface area (Å²) in [7, 11) is 0. The van der Waals surface area contributed by atoms with E-state index in [1.54, 1.807) is 6.20 Å². The molecule has 0 bridgehead atoms. The van der Waals surface area contributed by atoms with Crippen molar-refractivity contribution < 1.29 is 19.2 Å². The summed E-state index contributed by atoms with van der Waals surface area (Å²) in [6, 6.07) is 18.1. The average Bonchev–Trinajstić information content (AvgIpc) is 3.52. The Morgan fingerprint density at radius 1 is 1.00 bits per heavy atom. The van der Waals surface area contributed by atoms with Crippen molar-refractivity contribution in [3.8, 4) is 0 Å². The maximum absolute atomic E-state index is 14.0. The maximum Gasteiger partial charge on any atom is 0.268 e. The highest BCUT2D eigenvalue weighted by atomic mass is 16.7. The van der Waals surface area contributed by atoms with Crippen molar-refractivity contribution in [3.05, 3.63) is 90.3 Å². The van der Waals surface area contributed by atoms with Crippen molar-refractivity contribution in [2.75, 3.05) is 6.54 Å². The van der Waals surface area contributed by atoms with Crippen LogP contribution in [0.3, 0.4) is 0 Å². The van der Waals surface area contributed by atoms with Gasteiger partial charge in [-0.15, -0.1) is 5.10 Å². The second-order valence-corrected chi connectivity index (χ2v) is 11.1. The van der Waals surface area contributed by atoms with Crippen LogP contribution in [0.4, 0.5) is 0 Å². The second kappa shape index (κ2) is 17.6. The highest BCUT2D eigenvalue weighted by Crippen LogP contribution is 2.20. The highest BCUT2D eigenvalue weighted by Gasteiger charge is 2.37. The minimum absolute atomic E-state index is 0.0676. The largest absolute Gasteiger partial charge is 0.273 e. The molecule has 2 atom stereocenters. The van der Waals surface area contributed by atoms with Gasteiger partial charge in [0.15, 0.2) is 0 Å². The molecule has 1 aromatic heterocycles. The van der Waals surface area contributed by atoms with E-state index in [4.69, 9.17) is 4.84 Å². The van der Waals surface area contributed by atoms with Crippen molar-refractivity contribution in [3.63, 3.8) is 0 Å². The van der Waals surface area contributed by atoms with E-state index in [-0.39, 0.29) is 56.2 Å². The molecule has 0 aliphatic carbocycles. The van der Waals surface area contributed by atoms with Crippen LogP contribution in [0, 0.1) is 11.8 Å². The Balaban J connectivity index is 1.97. The molecule has 0 fully saturated rings. The van der Waals surface area contributed by atoms with Gasteiger partial charge in [0, 0.05) is 19.2 Å². The van der Waals surface area contributed by atoms with Crippen LogP contribution < -0.4 is 5.48 Å². The summed E-state index contributed by atoms with van der Waals surface area (Å²) in [6.45, 7) is 8.41. The van der Waals surface area contributed by atoms with Gasteiger partial charge in [-0.1, -0.05) is 112 Å². The van der Waals surface area contributed by atoms with E-state index in [2.05, 4.69) is 15.8 Å². The maximum atomic E-state index is 14.0. The number of hydroxylamine groups is 1. The van der Waals surface area contributed by atoms with E-state index in [0.717, 1.165) is 17.5 Å². The molecule has 2 aromatic carbocycles. The summed E-state index contributed by atoms with van der Waals surface area (Å²) in [4.78, 5) is 47.2. The van der Waals surface area contributed by atoms with Crippen molar-refractivity contribution in [2.24, 2.45) is 11.8 Å². The number of benzene rings is 2. The predicted octanol–water partition coefficient (Wildman–Crippen LogP) is 5.05. The molecule has 230 valence electrons. The van der Waals surface area contributed by atoms with E-state index in [1.165, 1.54) is 20.9 Å². The van der Waals surface area contributed by atoms with Crippen LogP contribution in [-0.2, 0) is 32.4 Å². The number of nitrogens with one attached hydrogen (secondary N) is 1. The molecule has 0 aliphatic heterocycles. The summed E-state index contributed by atoms with van der Waals surface area (Å²) in [6.07, 6.45) is 8.58. The Bertz CT molecular complexity index is 1280. The number of aromatic nitrogens is 3. The molecule has 0 aliphatic rings. The second-order valence-electron chi connectivity index (χ2n) is 11.1. The van der Waals surface area contributed by atoms with Crippen molar-refractivity contribution in [1.82, 2.24) is 30.5 Å². The molecule has 1 N–H and O–H groups in total. The van der Waals surface area contributed by atoms with Gasteiger partial charge in [-0.05, 0) is 35.8 Å². The van der Waals surface area contributed by atoms with Gasteiger partial charge in [-0.25, -0.2) is 20.2 Å². The molecule has 0 radical (unpaired) electrons. The van der Waals surface area contributed by atoms with Gasteiger partial charge < -0.3 is 0 Å². The monoisotopic (exact) mass is 588 g/mol. The lowest BCUT2D eigenvalue weighted by Gasteiger charge is -2.40. The lowest BCUT2D eigenvalue weighted by Crippen LogP contribution is -2.60. The predicted molar refractivity (Wildman–Crippen MR) is 165 cm³/mol. The van der Waals surface area contributed by atoms with Gasteiger partial charge in [0.2, 0.25) is 5.91 Å². The first kappa shape index (κ1) is 33.2. The van der Waals surface area contributed by atoms with Crippen LogP contribution in [0.1, 0.15) is 64.5 Å². The molecule has 10 heteroatoms. The van der Waals surface area contributed by atoms with E-state index in [9.17, 15) is 14.4 Å². The molecule has 3 amide bonds. The van der Waals surface area contributed by atoms with E-state index < -0.39 is 11.9 Å². The third-order valence-corrected chi connectivity index (χ3v) is 7.01. The number of hydrogen-bond acceptors (Lipinski definition) is 6. The van der Waals surface area contributed by atoms with E-state index in [1.807, 2.05) is 101 Å². The molecule has 0 spiro atoms. The molecule has 0 unspecified atom stereocenters. The molecule has 1 heterocycles. The number of carbonyl (C=O) groups is 3. The van der Waals surface area contributed by atoms with Gasteiger partial charge in [0.25, 0.3) is 11.8 Å². The Kier molecular flexibility index (Phi) is 13.6. The zero-order valence-corrected chi connectivity index (χ0v) is 25.6. The lowest BCUT2D eigenvalue weighted by molar-refractivity contribution is -0.177. The third kappa shape index (κ3) is 11.1. The van der Waals surface area contributed by atoms with Crippen LogP contribution in [-0.4, -0.2) is 55.3 Å². The fraction of sp³-hybridized carbons (Fsp3) is 0.424. The number of carbonyl (C=O) groups excluding carboxylic acids is 3. The first-order chi connectivity index (χ1) is 20.8. The minimum atomic E-state index is -1.04. The van der Waals surface area contributed by atoms with Crippen LogP contribution >= 0.6 is 0 Å². The smallest absolute Gasteiger partial charge is 0.268 e. The van der Waals surface area contributed by atoms with Gasteiger partial charge in [-0.3, -0.25) is 19.2 Å². The average molecular weight is 589 g/mol. The fourth-order valence-corrected chi connectivity index (χ4v) is 4.32. The Hall–Kier alpha value is -4.31. The van der Waals surface area contributed by atoms with Crippen LogP contribution in [0.2, 0.25) is 0 Å². The van der Waals surface area contributed by atoms with Gasteiger partial charge in [0.1, 0.15) is 12.6 Å². The first-order valence-electron chi connectivity index (χ1n) is 14.9. The summed E-state index contributed by atoms with van der Waals surface area (Å²) in [5.74, 6) is -0.856. The Morgan fingerprint density at radius 3 is 2.33 bits per heavy atom. The molecule has 43 heavy (non-hydrogen) atoms. The van der Waals surface area contributed by atoms with Gasteiger partial charge in [0.05, 0.1) is 12.8 Å². The number of nitrogens with zero attached hydrogens (tertiary/aromatic N) is 5. The normalized spacial score (nSPS) is 12.7. The molecule has 10 nitrogen and oxygen atoms in total. The fourth-order valence-electron chi connectivity index (χ4n) is 4.32. The molecule has 3 aromatic rings. The molecule has 0 saturated heterocycles. The van der Waals surface area contributed by atoms with Gasteiger partial charge in [-0.2, -0.15) is 0 Å². The van der Waals surface area contributed by atoms with Crippen LogP contribution in [0.25, 0.3) is 6.08 Å². The van der Waals surface area contributed by atoms with Crippen LogP contribution in [0.5, 0.6) is 0 Å². The summed E-state index contributed by atoms with van der Waals surface area (Å²) >= 11 is 0. The van der Waals surface area contributed by atoms with Crippen LogP contribution in [0.15, 0.2) is 79.1 Å². The van der Waals surface area contributed by atoms with Crippen molar-refractivity contribution >= 4 is 23.8 Å². The molecule has 3 rings (SSSR count). The third-order valence-electron chi connectivity index (χ3n) is 7.01. The van der Waals surface area contributed by atoms with E-state index >= 15 is 0 Å². The topological polar surface area (TPSA) is 110 Å². The zero-order valence-electron chi connectivity index (χ0n) is 25.6. The molecular weight excluding hydrogens is 544 g/mol. The molecule has 0 saturated carbocycles. The quantitative estimate of drug-likeness (QED) is 0.235. The van der Waals surface area contributed by atoms with Gasteiger partial charge >= 0.3 is 0 Å². The van der Waals surface area contributed by atoms with Crippen molar-refractivity contribution in [2.45, 2.75) is 72.6 Å². The SMILES string of the molecule is CC[C@H](C)CN(C(=O)Cn1ccnn1)N(C(=O)CCC(C)C)[C@@H](CC=Cc1ccccc1)C(=O)NOCc1ccccc1. The summed E-state index contributed by atoms with van der Waals surface area (Å²) < 4.78 is 1.41. The summed E-state index contributed by atoms with van der Waals surface area (Å²) in [5, 5.41) is 10.5. The lowest BCUT2D eigenvalue weighted by atomic mass is 10.1. The number of rotatable bonds is 16. The first-order valence-corrected chi connectivity index (χ1v) is 14.9. The van der Waals surface area contributed by atoms with Crippen molar-refractivity contribution in [1.29, 1.82) is 0 Å². The zero-order chi connectivity index (χ0) is 31.0. The van der Waals surface area contributed by atoms with E-state index in [0.29, 0.717) is 6.42 Å². The molecular formula is C33H44N6O4. The summed E-state index contributed by atoms with van der Waals surface area (Å²) in [5.41, 5.74) is 4.40. The highest BCUT2D eigenvalue weighted by molar-refractivity contribution is 5.89. The Labute approximate surface area is 254 Å². The minimum Gasteiger partial charge on any atom is -0.273 e. The standard InChI is InChI=1S/C33H44N6O4/c1-5-27(4)23-38(32(41)24-37-22-21-34-36-37)39(31(40)20-19-26(2)3)30(18-12-17-28-13-8-6-9-14-28)33(42)35-43-25-29-15-10-7-11-16-29/h6-17,21-22,26-27,30H,5,18-20,23-25H2,1-4H3,(H,35,42)/t27-,30-/m0/s1. The number of amides is 3. The number of hydrogen-bond donors (Lipinski definition) is 1.